The maximum Gasteiger partial charge on any atom is 0.253 e. The Morgan fingerprint density at radius 1 is 0.878 bits per heavy atom. The highest BCUT2D eigenvalue weighted by molar-refractivity contribution is 6.00. The number of carbonyl (C=O) groups excluding carboxylic acids is 2. The highest BCUT2D eigenvalue weighted by Crippen LogP contribution is 2.17. The first-order chi connectivity index (χ1) is 19.6. The van der Waals surface area contributed by atoms with Gasteiger partial charge in [0, 0.05) is 36.9 Å². The van der Waals surface area contributed by atoms with Crippen LogP contribution in [-0.4, -0.2) is 71.5 Å². The molecule has 3 N–H and O–H groups in total. The molecule has 2 aromatic rings. The highest BCUT2D eigenvalue weighted by Gasteiger charge is 2.29. The van der Waals surface area contributed by atoms with Gasteiger partial charge in [-0.3, -0.25) is 9.59 Å². The van der Waals surface area contributed by atoms with Crippen LogP contribution in [0.5, 0.6) is 0 Å². The summed E-state index contributed by atoms with van der Waals surface area (Å²) in [5.74, 6) is -2.35. The van der Waals surface area contributed by atoms with Gasteiger partial charge in [-0.2, -0.15) is 0 Å². The molecule has 228 valence electrons. The van der Waals surface area contributed by atoms with E-state index in [1.54, 1.807) is 24.0 Å². The van der Waals surface area contributed by atoms with E-state index in [1.165, 1.54) is 6.07 Å². The zero-order chi connectivity index (χ0) is 30.4. The molecule has 0 spiro atoms. The number of hydrogen-bond donors (Lipinski definition) is 3. The number of nitrogens with zero attached hydrogens (tertiary/aromatic N) is 1. The van der Waals surface area contributed by atoms with Crippen LogP contribution in [0.4, 0.5) is 8.78 Å². The van der Waals surface area contributed by atoms with Crippen LogP contribution in [0.2, 0.25) is 0 Å². The number of benzene rings is 2. The summed E-state index contributed by atoms with van der Waals surface area (Å²) in [7, 11) is 0. The third-order valence-corrected chi connectivity index (χ3v) is 6.79. The molecule has 3 atom stereocenters. The molecule has 0 aromatic heterocycles. The van der Waals surface area contributed by atoms with Gasteiger partial charge < -0.3 is 25.2 Å². The molecule has 2 amide bonds. The monoisotopic (exact) mass is 576 g/mol. The van der Waals surface area contributed by atoms with Crippen LogP contribution >= 0.6 is 0 Å². The molecule has 0 saturated carbocycles. The van der Waals surface area contributed by atoms with Gasteiger partial charge in [-0.05, 0) is 74.1 Å². The fraction of sp³-hybridized carbons (Fsp3) is 0.562. The number of carbonyl (C=O) groups is 2. The van der Waals surface area contributed by atoms with E-state index in [2.05, 4.69) is 12.2 Å². The fourth-order valence-corrected chi connectivity index (χ4v) is 4.77. The van der Waals surface area contributed by atoms with Crippen LogP contribution in [0.15, 0.2) is 36.4 Å². The lowest BCUT2D eigenvalue weighted by atomic mass is 9.96. The van der Waals surface area contributed by atoms with Crippen molar-refractivity contribution in [2.24, 2.45) is 0 Å². The van der Waals surface area contributed by atoms with Gasteiger partial charge in [0.1, 0.15) is 23.8 Å². The second-order valence-corrected chi connectivity index (χ2v) is 10.6. The fourth-order valence-electron chi connectivity index (χ4n) is 4.77. The van der Waals surface area contributed by atoms with Gasteiger partial charge in [0.2, 0.25) is 0 Å². The number of aliphatic hydroxyl groups excluding tert-OH is 2. The van der Waals surface area contributed by atoms with E-state index in [4.69, 9.17) is 4.74 Å². The van der Waals surface area contributed by atoms with Gasteiger partial charge in [-0.15, -0.1) is 0 Å². The van der Waals surface area contributed by atoms with Crippen molar-refractivity contribution < 1.29 is 33.3 Å². The maximum atomic E-state index is 13.9. The average Bonchev–Trinajstić information content (AvgIpc) is 2.92. The lowest BCUT2D eigenvalue weighted by molar-refractivity contribution is -0.0511. The molecule has 0 heterocycles. The predicted molar refractivity (Wildman–Crippen MR) is 156 cm³/mol. The van der Waals surface area contributed by atoms with E-state index in [1.807, 2.05) is 13.8 Å². The zero-order valence-corrected chi connectivity index (χ0v) is 24.8. The van der Waals surface area contributed by atoms with Crippen molar-refractivity contribution in [3.8, 4) is 0 Å². The molecule has 2 aromatic carbocycles. The van der Waals surface area contributed by atoms with Gasteiger partial charge in [0.05, 0.1) is 12.6 Å². The molecule has 2 rings (SSSR count). The summed E-state index contributed by atoms with van der Waals surface area (Å²) < 4.78 is 33.3. The van der Waals surface area contributed by atoms with Crippen LogP contribution in [-0.2, 0) is 11.2 Å². The number of unbranched alkanes of at least 4 members (excludes halogenated alkanes) is 3. The van der Waals surface area contributed by atoms with Gasteiger partial charge >= 0.3 is 0 Å². The van der Waals surface area contributed by atoms with Crippen molar-refractivity contribution >= 4 is 11.8 Å². The van der Waals surface area contributed by atoms with Crippen molar-refractivity contribution in [2.75, 3.05) is 26.3 Å². The zero-order valence-electron chi connectivity index (χ0n) is 24.8. The lowest BCUT2D eigenvalue weighted by Crippen LogP contribution is -2.51. The van der Waals surface area contributed by atoms with Crippen molar-refractivity contribution in [3.05, 3.63) is 70.3 Å². The van der Waals surface area contributed by atoms with E-state index in [-0.39, 0.29) is 30.1 Å². The molecule has 0 fully saturated rings. The third kappa shape index (κ3) is 11.5. The minimum absolute atomic E-state index is 0.145. The molecule has 0 aliphatic heterocycles. The van der Waals surface area contributed by atoms with Gasteiger partial charge in [0.25, 0.3) is 11.8 Å². The Labute approximate surface area is 242 Å². The molecule has 41 heavy (non-hydrogen) atoms. The molecule has 0 saturated heterocycles. The predicted octanol–water partition coefficient (Wildman–Crippen LogP) is 5.20. The summed E-state index contributed by atoms with van der Waals surface area (Å²) in [6.07, 6.45) is 2.59. The van der Waals surface area contributed by atoms with Crippen LogP contribution in [0.3, 0.4) is 0 Å². The Morgan fingerprint density at radius 3 is 2.12 bits per heavy atom. The van der Waals surface area contributed by atoms with E-state index < -0.39 is 35.8 Å². The minimum Gasteiger partial charge on any atom is -0.388 e. The number of nitrogens with one attached hydrogen (secondary N) is 1. The number of aryl methyl sites for hydroxylation is 1. The molecule has 7 nitrogen and oxygen atoms in total. The first kappa shape index (κ1) is 34.3. The summed E-state index contributed by atoms with van der Waals surface area (Å²) in [6.45, 7) is 9.32. The second kappa shape index (κ2) is 17.8. The number of amides is 2. The number of aliphatic hydroxyl groups is 2. The topological polar surface area (TPSA) is 99.1 Å². The Hall–Kier alpha value is -2.88. The number of hydrogen-bond acceptors (Lipinski definition) is 5. The average molecular weight is 577 g/mol. The van der Waals surface area contributed by atoms with Crippen LogP contribution in [0, 0.1) is 18.6 Å². The first-order valence-electron chi connectivity index (χ1n) is 14.7. The summed E-state index contributed by atoms with van der Waals surface area (Å²) >= 11 is 0. The highest BCUT2D eigenvalue weighted by atomic mass is 19.1. The van der Waals surface area contributed by atoms with E-state index in [0.29, 0.717) is 30.8 Å². The Bertz CT molecular complexity index is 1090. The quantitative estimate of drug-likeness (QED) is 0.212. The summed E-state index contributed by atoms with van der Waals surface area (Å²) in [5.41, 5.74) is 1.48. The van der Waals surface area contributed by atoms with E-state index in [9.17, 15) is 28.6 Å². The smallest absolute Gasteiger partial charge is 0.253 e. The van der Waals surface area contributed by atoms with Crippen LogP contribution in [0.1, 0.15) is 91.1 Å². The SMILES string of the molecule is CCCCCCOC[C@@H](O)[C@H](O)[C@H](Cc1cc(F)cc(F)c1)NC(=O)c1cc(C)cc(C(=O)N(CCC)CCC)c1. The molecule has 0 radical (unpaired) electrons. The standard InChI is InChI=1S/C32H46F2N2O5/c1-5-8-9-10-13-41-21-29(37)30(38)28(18-23-16-26(33)20-27(34)17-23)35-31(39)24-14-22(4)15-25(19-24)32(40)36(11-6-2)12-7-3/h14-17,19-20,28-30,37-38H,5-13,18,21H2,1-4H3,(H,35,39)/t28-,29+,30+/m0/s1. The Kier molecular flexibility index (Phi) is 14.9. The van der Waals surface area contributed by atoms with Crippen LogP contribution in [0.25, 0.3) is 0 Å². The first-order valence-corrected chi connectivity index (χ1v) is 14.7. The molecule has 0 bridgehead atoms. The Balaban J connectivity index is 2.26. The molecule has 0 aliphatic carbocycles. The molecular formula is C32H46F2N2O5. The Morgan fingerprint density at radius 2 is 1.51 bits per heavy atom. The molecule has 0 aliphatic rings. The summed E-state index contributed by atoms with van der Waals surface area (Å²) in [5, 5.41) is 24.4. The third-order valence-electron chi connectivity index (χ3n) is 6.79. The largest absolute Gasteiger partial charge is 0.388 e. The van der Waals surface area contributed by atoms with Crippen molar-refractivity contribution in [2.45, 2.75) is 90.9 Å². The van der Waals surface area contributed by atoms with Crippen molar-refractivity contribution in [3.63, 3.8) is 0 Å². The molecule has 0 unspecified atom stereocenters. The normalized spacial score (nSPS) is 13.5. The number of rotatable bonds is 18. The lowest BCUT2D eigenvalue weighted by Gasteiger charge is -2.28. The van der Waals surface area contributed by atoms with Crippen molar-refractivity contribution in [1.82, 2.24) is 10.2 Å². The van der Waals surface area contributed by atoms with Crippen molar-refractivity contribution in [1.29, 1.82) is 0 Å². The maximum absolute atomic E-state index is 13.9. The van der Waals surface area contributed by atoms with E-state index >= 15 is 0 Å². The minimum atomic E-state index is -1.49. The van der Waals surface area contributed by atoms with Gasteiger partial charge in [-0.1, -0.05) is 40.0 Å². The summed E-state index contributed by atoms with van der Waals surface area (Å²) in [4.78, 5) is 28.4. The number of ether oxygens (including phenoxy) is 1. The second-order valence-electron chi connectivity index (χ2n) is 10.6. The van der Waals surface area contributed by atoms with E-state index in [0.717, 1.165) is 56.7 Å². The molecular weight excluding hydrogens is 530 g/mol. The number of halogens is 2. The summed E-state index contributed by atoms with van der Waals surface area (Å²) in [6, 6.07) is 6.72. The van der Waals surface area contributed by atoms with Gasteiger partial charge in [-0.25, -0.2) is 8.78 Å². The molecule has 9 heteroatoms. The van der Waals surface area contributed by atoms with Gasteiger partial charge in [0.15, 0.2) is 0 Å². The van der Waals surface area contributed by atoms with Crippen LogP contribution < -0.4 is 5.32 Å².